The number of rotatable bonds is 10. The Morgan fingerprint density at radius 3 is 2.45 bits per heavy atom. The lowest BCUT2D eigenvalue weighted by Gasteiger charge is -2.43. The quantitative estimate of drug-likeness (QED) is 0.190. The first-order chi connectivity index (χ1) is 23.7. The Morgan fingerprint density at radius 2 is 1.78 bits per heavy atom. The minimum atomic E-state index is -0.519. The second-order valence-electron chi connectivity index (χ2n) is 13.0. The molecular formula is C36H46ClN10OP. The van der Waals surface area contributed by atoms with E-state index in [1.165, 1.54) is 37.2 Å². The van der Waals surface area contributed by atoms with Crippen molar-refractivity contribution >= 4 is 53.7 Å². The van der Waals surface area contributed by atoms with Gasteiger partial charge in [0.1, 0.15) is 22.5 Å². The molecule has 0 aliphatic carbocycles. The molecule has 2 aliphatic rings. The fourth-order valence-corrected chi connectivity index (χ4v) is 7.97. The third-order valence-electron chi connectivity index (χ3n) is 9.59. The lowest BCUT2D eigenvalue weighted by Crippen LogP contribution is -2.52. The van der Waals surface area contributed by atoms with Gasteiger partial charge >= 0.3 is 0 Å². The number of aromatic nitrogens is 4. The van der Waals surface area contributed by atoms with Gasteiger partial charge in [-0.15, -0.1) is 0 Å². The van der Waals surface area contributed by atoms with Gasteiger partial charge in [0, 0.05) is 81.6 Å². The van der Waals surface area contributed by atoms with Crippen LogP contribution >= 0.6 is 19.5 Å². The number of methoxy groups -OCH3 is 1. The second-order valence-corrected chi connectivity index (χ2v) is 15.7. The number of benzene rings is 2. The van der Waals surface area contributed by atoms with E-state index in [9.17, 15) is 5.26 Å². The van der Waals surface area contributed by atoms with Gasteiger partial charge in [0.25, 0.3) is 0 Å². The zero-order chi connectivity index (χ0) is 34.7. The summed E-state index contributed by atoms with van der Waals surface area (Å²) in [6, 6.07) is 13.3. The molecule has 4 heterocycles. The van der Waals surface area contributed by atoms with Gasteiger partial charge in [-0.25, -0.2) is 4.98 Å². The van der Waals surface area contributed by atoms with Crippen LogP contribution in [0.4, 0.5) is 28.8 Å². The van der Waals surface area contributed by atoms with Crippen molar-refractivity contribution in [2.75, 3.05) is 82.3 Å². The molecule has 2 fully saturated rings. The molecule has 4 aromatic rings. The normalized spacial score (nSPS) is 16.2. The molecular weight excluding hydrogens is 655 g/mol. The Balaban J connectivity index is 1.20. The average Bonchev–Trinajstić information content (AvgIpc) is 3.50. The van der Waals surface area contributed by atoms with E-state index >= 15 is 0 Å². The largest absolute Gasteiger partial charge is 0.494 e. The number of ether oxygens (including phenoxy) is 1. The molecule has 0 spiro atoms. The van der Waals surface area contributed by atoms with Crippen LogP contribution in [0.2, 0.25) is 5.02 Å². The Labute approximate surface area is 296 Å². The lowest BCUT2D eigenvalue weighted by molar-refractivity contribution is 0.0982. The Kier molecular flexibility index (Phi) is 10.9. The van der Waals surface area contributed by atoms with E-state index in [1.54, 1.807) is 24.2 Å². The van der Waals surface area contributed by atoms with E-state index in [1.807, 2.05) is 19.2 Å². The fraction of sp³-hybridized carbons (Fsp3) is 0.444. The smallest absolute Gasteiger partial charge is 0.229 e. The molecule has 49 heavy (non-hydrogen) atoms. The van der Waals surface area contributed by atoms with Crippen LogP contribution in [0.1, 0.15) is 30.9 Å². The number of halogens is 1. The molecule has 6 rings (SSSR count). The molecule has 2 N–H and O–H groups in total. The number of nitriles is 1. The predicted molar refractivity (Wildman–Crippen MR) is 202 cm³/mol. The molecule has 13 heteroatoms. The molecule has 0 atom stereocenters. The number of nitrogens with one attached hydrogen (secondary N) is 2. The maximum atomic E-state index is 9.62. The maximum Gasteiger partial charge on any atom is 0.229 e. The number of aryl methyl sites for hydroxylation is 2. The van der Waals surface area contributed by atoms with Gasteiger partial charge in [-0.2, -0.15) is 15.3 Å². The van der Waals surface area contributed by atoms with Gasteiger partial charge in [-0.1, -0.05) is 32.5 Å². The van der Waals surface area contributed by atoms with E-state index in [0.717, 1.165) is 60.6 Å². The number of piperazine rings is 1. The highest BCUT2D eigenvalue weighted by Crippen LogP contribution is 2.38. The van der Waals surface area contributed by atoms with Crippen LogP contribution in [0.5, 0.6) is 5.75 Å². The number of likely N-dealkylation sites (N-methyl/N-ethyl adjacent to an activating group) is 1. The number of hydrogen-bond acceptors (Lipinski definition) is 10. The second kappa shape index (κ2) is 15.3. The summed E-state index contributed by atoms with van der Waals surface area (Å²) in [6.07, 6.45) is 6.59. The zero-order valence-electron chi connectivity index (χ0n) is 29.3. The molecule has 0 saturated carbocycles. The summed E-state index contributed by atoms with van der Waals surface area (Å²) >= 11 is 6.64. The summed E-state index contributed by atoms with van der Waals surface area (Å²) in [7, 11) is 5.22. The van der Waals surface area contributed by atoms with Gasteiger partial charge in [-0.05, 0) is 68.7 Å². The number of nitrogens with zero attached hydrogens (tertiary/aromatic N) is 8. The van der Waals surface area contributed by atoms with Crippen molar-refractivity contribution in [1.82, 2.24) is 29.5 Å². The summed E-state index contributed by atoms with van der Waals surface area (Å²) in [5, 5.41) is 22.5. The topological polar surface area (TPSA) is 110 Å². The Bertz CT molecular complexity index is 1820. The summed E-state index contributed by atoms with van der Waals surface area (Å²) < 4.78 is 7.57. The van der Waals surface area contributed by atoms with Gasteiger partial charge < -0.3 is 25.2 Å². The molecule has 11 nitrogen and oxygen atoms in total. The van der Waals surface area contributed by atoms with Gasteiger partial charge in [0.05, 0.1) is 24.6 Å². The first-order valence-electron chi connectivity index (χ1n) is 16.9. The number of anilines is 5. The minimum Gasteiger partial charge on any atom is -0.494 e. The third-order valence-corrected chi connectivity index (χ3v) is 11.2. The van der Waals surface area contributed by atoms with E-state index < -0.39 is 7.92 Å². The standard InChI is InChI=1S/C36H46ClN10OP/c1-7-24-18-30(32(48-4)20-31(24)47-12-10-27(11-13-47)46-16-14-44(2)15-17-46)41-36-39-22-28(37)35(42-36)40-29-9-8-25(19-33(29)49(5)6)34-26(21-38)23-45(3)43-34/h8-9,18-20,22-23,27H,7,10-17H2,1-6H3,(H2,39,40,41,42). The van der Waals surface area contributed by atoms with E-state index in [2.05, 4.69) is 87.0 Å². The molecule has 2 aromatic carbocycles. The highest BCUT2D eigenvalue weighted by molar-refractivity contribution is 7.64. The molecule has 0 amide bonds. The molecule has 2 saturated heterocycles. The van der Waals surface area contributed by atoms with E-state index in [4.69, 9.17) is 21.3 Å². The van der Waals surface area contributed by atoms with Crippen molar-refractivity contribution in [2.24, 2.45) is 7.05 Å². The number of hydrogen-bond donors (Lipinski definition) is 2. The number of piperidine rings is 1. The first kappa shape index (κ1) is 34.9. The van der Waals surface area contributed by atoms with Gasteiger partial charge in [-0.3, -0.25) is 9.58 Å². The molecule has 0 bridgehead atoms. The van der Waals surface area contributed by atoms with Crippen LogP contribution in [-0.2, 0) is 13.5 Å². The Morgan fingerprint density at radius 1 is 1.02 bits per heavy atom. The fourth-order valence-electron chi connectivity index (χ4n) is 6.82. The molecule has 0 unspecified atom stereocenters. The predicted octanol–water partition coefficient (Wildman–Crippen LogP) is 6.04. The van der Waals surface area contributed by atoms with Crippen molar-refractivity contribution < 1.29 is 4.74 Å². The zero-order valence-corrected chi connectivity index (χ0v) is 30.9. The highest BCUT2D eigenvalue weighted by atomic mass is 35.5. The summed E-state index contributed by atoms with van der Waals surface area (Å²) in [5.41, 5.74) is 6.30. The monoisotopic (exact) mass is 700 g/mol. The third kappa shape index (κ3) is 7.79. The van der Waals surface area contributed by atoms with Crippen LogP contribution in [0.3, 0.4) is 0 Å². The molecule has 0 radical (unpaired) electrons. The van der Waals surface area contributed by atoms with E-state index in [0.29, 0.717) is 34.1 Å². The van der Waals surface area contributed by atoms with Crippen molar-refractivity contribution in [3.8, 4) is 23.1 Å². The summed E-state index contributed by atoms with van der Waals surface area (Å²) in [5.74, 6) is 1.65. The van der Waals surface area contributed by atoms with Crippen LogP contribution in [0, 0.1) is 11.3 Å². The van der Waals surface area contributed by atoms with Gasteiger partial charge in [0.2, 0.25) is 5.95 Å². The van der Waals surface area contributed by atoms with E-state index in [-0.39, 0.29) is 0 Å². The van der Waals surface area contributed by atoms with Crippen LogP contribution in [0.15, 0.2) is 42.7 Å². The Hall–Kier alpha value is -3.94. The minimum absolute atomic E-state index is 0.408. The molecule has 2 aliphatic heterocycles. The van der Waals surface area contributed by atoms with Crippen molar-refractivity contribution in [1.29, 1.82) is 5.26 Å². The summed E-state index contributed by atoms with van der Waals surface area (Å²) in [6.45, 7) is 13.3. The van der Waals surface area contributed by atoms with Crippen LogP contribution < -0.4 is 25.6 Å². The van der Waals surface area contributed by atoms with Crippen LogP contribution in [-0.4, -0.2) is 102 Å². The van der Waals surface area contributed by atoms with Crippen molar-refractivity contribution in [3.05, 3.63) is 58.9 Å². The van der Waals surface area contributed by atoms with Crippen molar-refractivity contribution in [3.63, 3.8) is 0 Å². The summed E-state index contributed by atoms with van der Waals surface area (Å²) in [4.78, 5) is 16.9. The average molecular weight is 701 g/mol. The lowest BCUT2D eigenvalue weighted by atomic mass is 9.99. The molecule has 2 aromatic heterocycles. The van der Waals surface area contributed by atoms with Gasteiger partial charge in [0.15, 0.2) is 5.82 Å². The molecule has 258 valence electrons. The maximum absolute atomic E-state index is 9.62. The first-order valence-corrected chi connectivity index (χ1v) is 19.5. The highest BCUT2D eigenvalue weighted by Gasteiger charge is 2.28. The van der Waals surface area contributed by atoms with Crippen molar-refractivity contribution in [2.45, 2.75) is 32.2 Å². The SMILES string of the molecule is CCc1cc(Nc2ncc(Cl)c(Nc3ccc(-c4nn(C)cc4C#N)cc3P(C)C)n2)c(OC)cc1N1CCC(N2CCN(C)CC2)CC1. The van der Waals surface area contributed by atoms with Crippen LogP contribution in [0.25, 0.3) is 11.3 Å².